The van der Waals surface area contributed by atoms with Gasteiger partial charge in [0.05, 0.1) is 11.0 Å². The van der Waals surface area contributed by atoms with E-state index < -0.39 is 16.4 Å². The fraction of sp³-hybridized carbons (Fsp3) is 0.588. The Balaban J connectivity index is 1.76. The van der Waals surface area contributed by atoms with E-state index in [1.165, 1.54) is 18.2 Å². The van der Waals surface area contributed by atoms with Gasteiger partial charge in [0.25, 0.3) is 5.91 Å². The Labute approximate surface area is 140 Å². The van der Waals surface area contributed by atoms with E-state index in [1.54, 1.807) is 11.9 Å². The Morgan fingerprint density at radius 2 is 2.21 bits per heavy atom. The van der Waals surface area contributed by atoms with Crippen LogP contribution in [-0.2, 0) is 4.74 Å². The molecule has 2 aliphatic rings. The van der Waals surface area contributed by atoms with Crippen LogP contribution in [0.5, 0.6) is 5.75 Å². The summed E-state index contributed by atoms with van der Waals surface area (Å²) in [5, 5.41) is 20.5. The predicted molar refractivity (Wildman–Crippen MR) is 87.0 cm³/mol. The van der Waals surface area contributed by atoms with Gasteiger partial charge in [-0.15, -0.1) is 0 Å². The molecule has 0 unspecified atom stereocenters. The summed E-state index contributed by atoms with van der Waals surface area (Å²) in [4.78, 5) is 24.5. The predicted octanol–water partition coefficient (Wildman–Crippen LogP) is 2.72. The fourth-order valence-electron chi connectivity index (χ4n) is 4.10. The van der Waals surface area contributed by atoms with E-state index in [2.05, 4.69) is 0 Å². The Kier molecular flexibility index (Phi) is 4.21. The van der Waals surface area contributed by atoms with E-state index >= 15 is 0 Å². The summed E-state index contributed by atoms with van der Waals surface area (Å²) in [6.07, 6.45) is 4.30. The number of benzene rings is 1. The molecule has 130 valence electrons. The van der Waals surface area contributed by atoms with Gasteiger partial charge < -0.3 is 14.7 Å². The first kappa shape index (κ1) is 16.7. The zero-order chi connectivity index (χ0) is 17.5. The highest BCUT2D eigenvalue weighted by Crippen LogP contribution is 2.59. The third-order valence-electron chi connectivity index (χ3n) is 5.60. The van der Waals surface area contributed by atoms with Crippen LogP contribution in [0.3, 0.4) is 0 Å². The first-order valence-electron chi connectivity index (χ1n) is 8.27. The molecule has 0 aliphatic heterocycles. The second kappa shape index (κ2) is 6.05. The number of nitrogens with zero attached hydrogens (tertiary/aromatic N) is 2. The van der Waals surface area contributed by atoms with E-state index in [4.69, 9.17) is 4.74 Å². The normalized spacial score (nSPS) is 24.1. The van der Waals surface area contributed by atoms with E-state index in [1.807, 2.05) is 6.92 Å². The van der Waals surface area contributed by atoms with Crippen molar-refractivity contribution >= 4 is 11.6 Å². The summed E-state index contributed by atoms with van der Waals surface area (Å²) in [5.41, 5.74) is -0.0804. The molecule has 2 fully saturated rings. The number of hydrogen-bond donors (Lipinski definition) is 1. The highest BCUT2D eigenvalue weighted by atomic mass is 16.6. The molecule has 2 atom stereocenters. The third-order valence-corrected chi connectivity index (χ3v) is 5.60. The van der Waals surface area contributed by atoms with Gasteiger partial charge in [-0.2, -0.15) is 0 Å². The molecule has 0 radical (unpaired) electrons. The van der Waals surface area contributed by atoms with Crippen LogP contribution in [-0.4, -0.2) is 46.6 Å². The van der Waals surface area contributed by atoms with Gasteiger partial charge in [0.2, 0.25) is 0 Å². The van der Waals surface area contributed by atoms with Crippen molar-refractivity contribution < 1.29 is 19.6 Å². The number of nitro benzene ring substituents is 1. The van der Waals surface area contributed by atoms with Gasteiger partial charge >= 0.3 is 5.69 Å². The second-order valence-corrected chi connectivity index (χ2v) is 6.66. The SMILES string of the molecule is CCO[C@@H]1C[C@H](N(C)C(=O)c2ccc([N+](=O)[O-])c(O)c2)C12CCC2. The molecule has 1 amide bonds. The quantitative estimate of drug-likeness (QED) is 0.660. The molecule has 0 heterocycles. The number of nitro groups is 1. The summed E-state index contributed by atoms with van der Waals surface area (Å²) in [6.45, 7) is 2.65. The lowest BCUT2D eigenvalue weighted by atomic mass is 9.50. The average Bonchev–Trinajstić information content (AvgIpc) is 2.47. The molecule has 7 heteroatoms. The van der Waals surface area contributed by atoms with E-state index in [-0.39, 0.29) is 29.0 Å². The minimum Gasteiger partial charge on any atom is -0.502 e. The molecule has 0 saturated heterocycles. The standard InChI is InChI=1S/C17H22N2O5/c1-3-24-15-10-14(17(15)7-4-8-17)18(2)16(21)11-5-6-12(19(22)23)13(20)9-11/h5-6,9,14-15,20H,3-4,7-8,10H2,1-2H3/t14-,15+/m0/s1. The molecule has 2 aliphatic carbocycles. The molecule has 7 nitrogen and oxygen atoms in total. The number of phenolic OH excluding ortho intramolecular Hbond substituents is 1. The topological polar surface area (TPSA) is 92.9 Å². The van der Waals surface area contributed by atoms with Crippen LogP contribution in [0.25, 0.3) is 0 Å². The minimum absolute atomic E-state index is 0.0588. The number of hydrogen-bond acceptors (Lipinski definition) is 5. The Morgan fingerprint density at radius 1 is 1.50 bits per heavy atom. The largest absolute Gasteiger partial charge is 0.502 e. The monoisotopic (exact) mass is 334 g/mol. The lowest BCUT2D eigenvalue weighted by Crippen LogP contribution is -2.67. The van der Waals surface area contributed by atoms with E-state index in [0.29, 0.717) is 6.61 Å². The van der Waals surface area contributed by atoms with Crippen LogP contribution < -0.4 is 0 Å². The molecule has 2 saturated carbocycles. The molecule has 1 aromatic carbocycles. The van der Waals surface area contributed by atoms with Gasteiger partial charge in [-0.3, -0.25) is 14.9 Å². The van der Waals surface area contributed by atoms with Crippen molar-refractivity contribution in [3.8, 4) is 5.75 Å². The van der Waals surface area contributed by atoms with Crippen LogP contribution in [0.1, 0.15) is 43.0 Å². The van der Waals surface area contributed by atoms with Gasteiger partial charge in [0.1, 0.15) is 0 Å². The fourth-order valence-corrected chi connectivity index (χ4v) is 4.10. The van der Waals surface area contributed by atoms with Gasteiger partial charge in [-0.05, 0) is 38.3 Å². The number of amides is 1. The Morgan fingerprint density at radius 3 is 2.71 bits per heavy atom. The number of phenols is 1. The van der Waals surface area contributed by atoms with Crippen LogP contribution >= 0.6 is 0 Å². The van der Waals surface area contributed by atoms with Crippen LogP contribution in [0.15, 0.2) is 18.2 Å². The average molecular weight is 334 g/mol. The summed E-state index contributed by atoms with van der Waals surface area (Å²) >= 11 is 0. The van der Waals surface area contributed by atoms with Crippen molar-refractivity contribution in [3.63, 3.8) is 0 Å². The van der Waals surface area contributed by atoms with Gasteiger partial charge in [-0.1, -0.05) is 6.42 Å². The van der Waals surface area contributed by atoms with E-state index in [0.717, 1.165) is 25.7 Å². The molecule has 3 rings (SSSR count). The molecular weight excluding hydrogens is 312 g/mol. The Bertz CT molecular complexity index is 671. The second-order valence-electron chi connectivity index (χ2n) is 6.66. The number of carbonyl (C=O) groups excluding carboxylic acids is 1. The van der Waals surface area contributed by atoms with Crippen LogP contribution in [0.4, 0.5) is 5.69 Å². The maximum Gasteiger partial charge on any atom is 0.310 e. The van der Waals surface area contributed by atoms with Gasteiger partial charge in [-0.25, -0.2) is 0 Å². The maximum atomic E-state index is 12.7. The maximum absolute atomic E-state index is 12.7. The molecule has 1 spiro atoms. The van der Waals surface area contributed by atoms with Crippen LogP contribution in [0.2, 0.25) is 0 Å². The van der Waals surface area contributed by atoms with Gasteiger partial charge in [0.15, 0.2) is 5.75 Å². The smallest absolute Gasteiger partial charge is 0.310 e. The van der Waals surface area contributed by atoms with Crippen molar-refractivity contribution in [2.45, 2.75) is 44.8 Å². The van der Waals surface area contributed by atoms with Crippen molar-refractivity contribution in [2.24, 2.45) is 5.41 Å². The third kappa shape index (κ3) is 2.43. The molecule has 0 aromatic heterocycles. The molecule has 1 aromatic rings. The van der Waals surface area contributed by atoms with Crippen molar-refractivity contribution in [1.82, 2.24) is 4.90 Å². The van der Waals surface area contributed by atoms with Crippen molar-refractivity contribution in [2.75, 3.05) is 13.7 Å². The van der Waals surface area contributed by atoms with Crippen molar-refractivity contribution in [1.29, 1.82) is 0 Å². The summed E-state index contributed by atoms with van der Waals surface area (Å²) < 4.78 is 5.81. The van der Waals surface area contributed by atoms with Crippen molar-refractivity contribution in [3.05, 3.63) is 33.9 Å². The first-order valence-corrected chi connectivity index (χ1v) is 8.27. The highest BCUT2D eigenvalue weighted by Gasteiger charge is 2.60. The Hall–Kier alpha value is -2.15. The molecule has 24 heavy (non-hydrogen) atoms. The first-order chi connectivity index (χ1) is 11.4. The lowest BCUT2D eigenvalue weighted by molar-refractivity contribution is -0.385. The summed E-state index contributed by atoms with van der Waals surface area (Å²) in [6, 6.07) is 3.85. The molecular formula is C17H22N2O5. The van der Waals surface area contributed by atoms with Crippen LogP contribution in [0, 0.1) is 15.5 Å². The highest BCUT2D eigenvalue weighted by molar-refractivity contribution is 5.95. The number of carbonyl (C=O) groups is 1. The summed E-state index contributed by atoms with van der Waals surface area (Å²) in [5.74, 6) is -0.718. The lowest BCUT2D eigenvalue weighted by Gasteiger charge is -2.63. The zero-order valence-corrected chi connectivity index (χ0v) is 13.9. The van der Waals surface area contributed by atoms with Gasteiger partial charge in [0, 0.05) is 36.7 Å². The summed E-state index contributed by atoms with van der Waals surface area (Å²) in [7, 11) is 1.76. The number of ether oxygens (including phenoxy) is 1. The number of rotatable bonds is 5. The van der Waals surface area contributed by atoms with E-state index in [9.17, 15) is 20.0 Å². The zero-order valence-electron chi connectivity index (χ0n) is 13.9. The molecule has 1 N–H and O–H groups in total. The number of aromatic hydroxyl groups is 1. The minimum atomic E-state index is -0.671. The molecule has 0 bridgehead atoms.